The number of hydrogen-bond donors (Lipinski definition) is 1. The highest BCUT2D eigenvalue weighted by Crippen LogP contribution is 2.57. The molecule has 0 aromatic carbocycles. The molecule has 2 aromatic rings. The SMILES string of the molecule is Nc1cc(Cl)c(-c2cc(C3(S(=O)(=O)C4CC4)CC3)nc(N3CCOCC3)n2)cn1. The molecule has 1 saturated heterocycles. The van der Waals surface area contributed by atoms with E-state index in [0.29, 0.717) is 72.9 Å². The molecule has 2 aromatic heterocycles. The van der Waals surface area contributed by atoms with Crippen molar-refractivity contribution in [3.8, 4) is 11.3 Å². The van der Waals surface area contributed by atoms with Crippen LogP contribution < -0.4 is 10.6 Å². The van der Waals surface area contributed by atoms with Crippen molar-refractivity contribution in [2.24, 2.45) is 0 Å². The predicted octanol–water partition coefficient (Wildman–Crippen LogP) is 2.18. The topological polar surface area (TPSA) is 111 Å². The Balaban J connectivity index is 1.64. The van der Waals surface area contributed by atoms with Gasteiger partial charge in [0, 0.05) is 24.8 Å². The molecule has 0 spiro atoms. The van der Waals surface area contributed by atoms with E-state index in [-0.39, 0.29) is 5.25 Å². The fraction of sp³-hybridized carbons (Fsp3) is 0.526. The van der Waals surface area contributed by atoms with Crippen molar-refractivity contribution in [3.05, 3.63) is 29.0 Å². The molecule has 3 aliphatic rings. The van der Waals surface area contributed by atoms with Gasteiger partial charge in [0.1, 0.15) is 10.6 Å². The summed E-state index contributed by atoms with van der Waals surface area (Å²) < 4.78 is 30.9. The Bertz CT molecular complexity index is 1060. The van der Waals surface area contributed by atoms with Crippen LogP contribution in [0, 0.1) is 0 Å². The summed E-state index contributed by atoms with van der Waals surface area (Å²) in [5, 5.41) is 0.182. The van der Waals surface area contributed by atoms with Gasteiger partial charge in [0.2, 0.25) is 5.95 Å². The molecular weight excluding hydrogens is 414 g/mol. The lowest BCUT2D eigenvalue weighted by Gasteiger charge is -2.28. The summed E-state index contributed by atoms with van der Waals surface area (Å²) in [6.07, 6.45) is 4.25. The van der Waals surface area contributed by atoms with Gasteiger partial charge in [-0.15, -0.1) is 0 Å². The lowest BCUT2D eigenvalue weighted by molar-refractivity contribution is 0.122. The quantitative estimate of drug-likeness (QED) is 0.760. The van der Waals surface area contributed by atoms with Crippen LogP contribution in [0.4, 0.5) is 11.8 Å². The second kappa shape index (κ2) is 6.78. The molecule has 0 unspecified atom stereocenters. The van der Waals surface area contributed by atoms with Crippen LogP contribution >= 0.6 is 11.6 Å². The van der Waals surface area contributed by atoms with Crippen molar-refractivity contribution < 1.29 is 13.2 Å². The summed E-state index contributed by atoms with van der Waals surface area (Å²) in [7, 11) is -3.27. The molecule has 2 N–H and O–H groups in total. The van der Waals surface area contributed by atoms with Gasteiger partial charge < -0.3 is 15.4 Å². The third-order valence-corrected chi connectivity index (χ3v) is 9.21. The standard InChI is InChI=1S/C19H22ClN5O3S/c20-14-9-17(21)22-11-13(14)15-10-16(19(3-4-19)29(26,27)12-1-2-12)24-18(23-15)25-5-7-28-8-6-25/h9-12H,1-8H2,(H2,21,22). The number of ether oxygens (including phenoxy) is 1. The van der Waals surface area contributed by atoms with Gasteiger partial charge >= 0.3 is 0 Å². The lowest BCUT2D eigenvalue weighted by Crippen LogP contribution is -2.38. The van der Waals surface area contributed by atoms with Gasteiger partial charge in [0.05, 0.1) is 34.9 Å². The molecule has 2 aliphatic carbocycles. The minimum Gasteiger partial charge on any atom is -0.384 e. The van der Waals surface area contributed by atoms with Crippen LogP contribution in [0.15, 0.2) is 18.3 Å². The second-order valence-corrected chi connectivity index (χ2v) is 10.8. The van der Waals surface area contributed by atoms with Gasteiger partial charge in [-0.05, 0) is 37.8 Å². The Morgan fingerprint density at radius 3 is 2.52 bits per heavy atom. The monoisotopic (exact) mass is 435 g/mol. The second-order valence-electron chi connectivity index (χ2n) is 7.87. The maximum atomic E-state index is 13.2. The maximum Gasteiger partial charge on any atom is 0.226 e. The number of nitrogens with two attached hydrogens (primary N) is 1. The zero-order valence-corrected chi connectivity index (χ0v) is 17.4. The summed E-state index contributed by atoms with van der Waals surface area (Å²) in [6, 6.07) is 3.33. The molecule has 3 heterocycles. The Morgan fingerprint density at radius 1 is 1.17 bits per heavy atom. The number of nitrogens with zero attached hydrogens (tertiary/aromatic N) is 4. The van der Waals surface area contributed by atoms with Crippen LogP contribution in [-0.2, 0) is 19.3 Å². The van der Waals surface area contributed by atoms with Crippen LogP contribution in [0.2, 0.25) is 5.02 Å². The van der Waals surface area contributed by atoms with Gasteiger partial charge in [-0.25, -0.2) is 23.4 Å². The zero-order chi connectivity index (χ0) is 20.2. The Hall–Kier alpha value is -1.97. The molecule has 0 atom stereocenters. The van der Waals surface area contributed by atoms with Crippen molar-refractivity contribution in [1.82, 2.24) is 15.0 Å². The van der Waals surface area contributed by atoms with Crippen molar-refractivity contribution in [1.29, 1.82) is 0 Å². The first kappa shape index (κ1) is 19.0. The van der Waals surface area contributed by atoms with Crippen LogP contribution in [-0.4, -0.2) is 54.9 Å². The Kier molecular flexibility index (Phi) is 4.45. The molecule has 0 radical (unpaired) electrons. The highest BCUT2D eigenvalue weighted by atomic mass is 35.5. The number of rotatable bonds is 5. The first-order valence-electron chi connectivity index (χ1n) is 9.78. The van der Waals surface area contributed by atoms with Gasteiger partial charge in [-0.3, -0.25) is 0 Å². The third kappa shape index (κ3) is 3.25. The number of sulfone groups is 1. The highest BCUT2D eigenvalue weighted by molar-refractivity contribution is 7.93. The lowest BCUT2D eigenvalue weighted by atomic mass is 10.1. The molecule has 0 bridgehead atoms. The van der Waals surface area contributed by atoms with Crippen molar-refractivity contribution in [2.75, 3.05) is 36.9 Å². The van der Waals surface area contributed by atoms with Crippen LogP contribution in [0.5, 0.6) is 0 Å². The van der Waals surface area contributed by atoms with E-state index in [2.05, 4.69) is 4.98 Å². The molecule has 10 heteroatoms. The number of anilines is 2. The maximum absolute atomic E-state index is 13.2. The number of nitrogen functional groups attached to an aromatic ring is 1. The molecule has 29 heavy (non-hydrogen) atoms. The van der Waals surface area contributed by atoms with Crippen molar-refractivity contribution >= 4 is 33.2 Å². The molecule has 8 nitrogen and oxygen atoms in total. The number of halogens is 1. The summed E-state index contributed by atoms with van der Waals surface area (Å²) in [5.74, 6) is 0.822. The van der Waals surface area contributed by atoms with Gasteiger partial charge in [-0.2, -0.15) is 0 Å². The number of hydrogen-bond acceptors (Lipinski definition) is 8. The van der Waals surface area contributed by atoms with E-state index < -0.39 is 14.6 Å². The van der Waals surface area contributed by atoms with E-state index in [1.165, 1.54) is 0 Å². The molecular formula is C19H22ClN5O3S. The van der Waals surface area contributed by atoms with Crippen LogP contribution in [0.1, 0.15) is 31.4 Å². The molecule has 2 saturated carbocycles. The van der Waals surface area contributed by atoms with Gasteiger partial charge in [0.15, 0.2) is 9.84 Å². The number of pyridine rings is 1. The summed E-state index contributed by atoms with van der Waals surface area (Å²) >= 11 is 6.40. The first-order chi connectivity index (χ1) is 13.9. The van der Waals surface area contributed by atoms with Crippen molar-refractivity contribution in [2.45, 2.75) is 35.7 Å². The van der Waals surface area contributed by atoms with E-state index in [4.69, 9.17) is 32.0 Å². The average Bonchev–Trinajstić information content (AvgIpc) is 3.61. The minimum absolute atomic E-state index is 0.239. The first-order valence-corrected chi connectivity index (χ1v) is 11.7. The molecule has 154 valence electrons. The number of aromatic nitrogens is 3. The number of morpholine rings is 1. The van der Waals surface area contributed by atoms with E-state index in [9.17, 15) is 8.42 Å². The van der Waals surface area contributed by atoms with E-state index in [1.54, 1.807) is 18.3 Å². The third-order valence-electron chi connectivity index (χ3n) is 5.84. The van der Waals surface area contributed by atoms with Crippen LogP contribution in [0.25, 0.3) is 11.3 Å². The van der Waals surface area contributed by atoms with E-state index in [1.807, 2.05) is 4.90 Å². The molecule has 5 rings (SSSR count). The van der Waals surface area contributed by atoms with E-state index in [0.717, 1.165) is 12.8 Å². The van der Waals surface area contributed by atoms with E-state index >= 15 is 0 Å². The molecule has 1 aliphatic heterocycles. The Morgan fingerprint density at radius 2 is 1.90 bits per heavy atom. The largest absolute Gasteiger partial charge is 0.384 e. The van der Waals surface area contributed by atoms with Gasteiger partial charge in [0.25, 0.3) is 0 Å². The highest BCUT2D eigenvalue weighted by Gasteiger charge is 2.61. The predicted molar refractivity (Wildman–Crippen MR) is 111 cm³/mol. The summed E-state index contributed by atoms with van der Waals surface area (Å²) in [4.78, 5) is 15.6. The molecule has 0 amide bonds. The zero-order valence-electron chi connectivity index (χ0n) is 15.8. The van der Waals surface area contributed by atoms with Crippen molar-refractivity contribution in [3.63, 3.8) is 0 Å². The fourth-order valence-electron chi connectivity index (χ4n) is 3.84. The molecule has 3 fully saturated rings. The Labute approximate surface area is 174 Å². The minimum atomic E-state index is -3.27. The van der Waals surface area contributed by atoms with Gasteiger partial charge in [-0.1, -0.05) is 11.6 Å². The average molecular weight is 436 g/mol. The van der Waals surface area contributed by atoms with Crippen LogP contribution in [0.3, 0.4) is 0 Å². The fourth-order valence-corrected chi connectivity index (χ4v) is 6.56. The summed E-state index contributed by atoms with van der Waals surface area (Å²) in [5.41, 5.74) is 7.46. The smallest absolute Gasteiger partial charge is 0.226 e. The summed E-state index contributed by atoms with van der Waals surface area (Å²) in [6.45, 7) is 2.47. The normalized spacial score (nSPS) is 21.2.